The van der Waals surface area contributed by atoms with E-state index in [4.69, 9.17) is 0 Å². The van der Waals surface area contributed by atoms with E-state index in [0.29, 0.717) is 0 Å². The maximum atomic E-state index is 4.09. The zero-order chi connectivity index (χ0) is 6.10. The lowest BCUT2D eigenvalue weighted by atomic mass is 10.2. The lowest BCUT2D eigenvalue weighted by Gasteiger charge is -1.90. The standard InChI is InChI=1S/C7H6N2.HI/c1-2-8-4-7-5-9-3-6(1)7;/h1-2,4-5H,3H2;1H. The molecule has 2 heterocycles. The van der Waals surface area contributed by atoms with Gasteiger partial charge in [0.25, 0.3) is 0 Å². The summed E-state index contributed by atoms with van der Waals surface area (Å²) in [6.45, 7) is 0.831. The normalized spacial score (nSPS) is 12.4. The minimum absolute atomic E-state index is 0. The zero-order valence-corrected chi connectivity index (χ0v) is 7.65. The minimum atomic E-state index is 0. The van der Waals surface area contributed by atoms with Gasteiger partial charge < -0.3 is 0 Å². The highest BCUT2D eigenvalue weighted by Crippen LogP contribution is 2.10. The molecule has 1 aliphatic heterocycles. The fourth-order valence-electron chi connectivity index (χ4n) is 0.938. The average molecular weight is 246 g/mol. The number of nitrogens with zero attached hydrogens (tertiary/aromatic N) is 2. The van der Waals surface area contributed by atoms with Crippen molar-refractivity contribution in [3.8, 4) is 0 Å². The van der Waals surface area contributed by atoms with Crippen LogP contribution in [0.3, 0.4) is 0 Å². The number of aliphatic imine (C=N–C) groups is 1. The van der Waals surface area contributed by atoms with Gasteiger partial charge in [-0.2, -0.15) is 0 Å². The van der Waals surface area contributed by atoms with Gasteiger partial charge in [-0.05, 0) is 11.6 Å². The summed E-state index contributed by atoms with van der Waals surface area (Å²) in [6, 6.07) is 2.00. The van der Waals surface area contributed by atoms with Crippen LogP contribution in [0.2, 0.25) is 0 Å². The number of hydrogen-bond acceptors (Lipinski definition) is 2. The second kappa shape index (κ2) is 3.09. The first-order chi connectivity index (χ1) is 4.47. The SMILES string of the molecule is C1=NCc2ccncc21.I. The van der Waals surface area contributed by atoms with Crippen molar-refractivity contribution in [2.75, 3.05) is 0 Å². The van der Waals surface area contributed by atoms with Crippen molar-refractivity contribution < 1.29 is 0 Å². The Morgan fingerprint density at radius 3 is 3.10 bits per heavy atom. The lowest BCUT2D eigenvalue weighted by Crippen LogP contribution is -1.83. The third-order valence-electron chi connectivity index (χ3n) is 1.44. The Kier molecular flexibility index (Phi) is 2.37. The lowest BCUT2D eigenvalue weighted by molar-refractivity contribution is 1.10. The summed E-state index contributed by atoms with van der Waals surface area (Å²) < 4.78 is 0. The Balaban J connectivity index is 0.000000500. The van der Waals surface area contributed by atoms with Gasteiger partial charge >= 0.3 is 0 Å². The smallest absolute Gasteiger partial charge is 0.0647 e. The first-order valence-corrected chi connectivity index (χ1v) is 2.89. The topological polar surface area (TPSA) is 25.2 Å². The maximum absolute atomic E-state index is 4.09. The van der Waals surface area contributed by atoms with Crippen LogP contribution in [0, 0.1) is 0 Å². The highest BCUT2D eigenvalue weighted by atomic mass is 127. The molecule has 52 valence electrons. The number of fused-ring (bicyclic) bond motifs is 1. The molecule has 2 rings (SSSR count). The largest absolute Gasteiger partial charge is 0.288 e. The van der Waals surface area contributed by atoms with E-state index >= 15 is 0 Å². The molecule has 0 amide bonds. The molecule has 0 unspecified atom stereocenters. The van der Waals surface area contributed by atoms with Gasteiger partial charge in [0.2, 0.25) is 0 Å². The van der Waals surface area contributed by atoms with Crippen LogP contribution < -0.4 is 0 Å². The average Bonchev–Trinajstić information content (AvgIpc) is 2.33. The Morgan fingerprint density at radius 2 is 2.30 bits per heavy atom. The molecule has 1 aromatic rings. The molecule has 0 saturated carbocycles. The van der Waals surface area contributed by atoms with Crippen molar-refractivity contribution in [1.82, 2.24) is 4.98 Å². The van der Waals surface area contributed by atoms with Gasteiger partial charge in [0.05, 0.1) is 6.54 Å². The molecule has 3 heteroatoms. The molecule has 2 nitrogen and oxygen atoms in total. The van der Waals surface area contributed by atoms with E-state index in [9.17, 15) is 0 Å². The molecule has 0 saturated heterocycles. The van der Waals surface area contributed by atoms with Crippen molar-refractivity contribution in [2.24, 2.45) is 4.99 Å². The Morgan fingerprint density at radius 1 is 1.40 bits per heavy atom. The first-order valence-electron chi connectivity index (χ1n) is 2.89. The first kappa shape index (κ1) is 7.65. The van der Waals surface area contributed by atoms with E-state index in [0.717, 1.165) is 12.1 Å². The summed E-state index contributed by atoms with van der Waals surface area (Å²) in [5.74, 6) is 0. The van der Waals surface area contributed by atoms with Crippen LogP contribution >= 0.6 is 24.0 Å². The van der Waals surface area contributed by atoms with Gasteiger partial charge in [-0.25, -0.2) is 0 Å². The van der Waals surface area contributed by atoms with Crippen LogP contribution in [0.1, 0.15) is 11.1 Å². The molecule has 0 bridgehead atoms. The minimum Gasteiger partial charge on any atom is -0.288 e. The van der Waals surface area contributed by atoms with E-state index in [-0.39, 0.29) is 24.0 Å². The van der Waals surface area contributed by atoms with Crippen LogP contribution in [-0.4, -0.2) is 11.2 Å². The molecule has 0 radical (unpaired) electrons. The van der Waals surface area contributed by atoms with Crippen LogP contribution in [0.25, 0.3) is 0 Å². The van der Waals surface area contributed by atoms with Crippen LogP contribution in [0.5, 0.6) is 0 Å². The fourth-order valence-corrected chi connectivity index (χ4v) is 0.938. The molecule has 0 atom stereocenters. The number of rotatable bonds is 0. The third-order valence-corrected chi connectivity index (χ3v) is 1.44. The molecular weight excluding hydrogens is 239 g/mol. The second-order valence-corrected chi connectivity index (χ2v) is 2.04. The Labute approximate surface area is 76.4 Å². The van der Waals surface area contributed by atoms with Crippen LogP contribution in [0.15, 0.2) is 23.5 Å². The predicted octanol–water partition coefficient (Wildman–Crippen LogP) is 1.63. The molecule has 1 aromatic heterocycles. The summed E-state index contributed by atoms with van der Waals surface area (Å²) in [5.41, 5.74) is 2.45. The Hall–Kier alpha value is -0.450. The van der Waals surface area contributed by atoms with E-state index < -0.39 is 0 Å². The van der Waals surface area contributed by atoms with Gasteiger partial charge in [0.15, 0.2) is 0 Å². The van der Waals surface area contributed by atoms with Crippen LogP contribution in [0.4, 0.5) is 0 Å². The van der Waals surface area contributed by atoms with Gasteiger partial charge in [0, 0.05) is 24.2 Å². The highest BCUT2D eigenvalue weighted by molar-refractivity contribution is 14.0. The van der Waals surface area contributed by atoms with Gasteiger partial charge in [-0.3, -0.25) is 9.98 Å². The van der Waals surface area contributed by atoms with Crippen molar-refractivity contribution >= 4 is 30.2 Å². The molecule has 10 heavy (non-hydrogen) atoms. The van der Waals surface area contributed by atoms with E-state index in [2.05, 4.69) is 9.98 Å². The summed E-state index contributed by atoms with van der Waals surface area (Å²) >= 11 is 0. The summed E-state index contributed by atoms with van der Waals surface area (Å²) in [6.07, 6.45) is 5.50. The van der Waals surface area contributed by atoms with E-state index in [1.165, 1.54) is 5.56 Å². The van der Waals surface area contributed by atoms with Crippen molar-refractivity contribution in [3.05, 3.63) is 29.6 Å². The monoisotopic (exact) mass is 246 g/mol. The predicted molar refractivity (Wildman–Crippen MR) is 51.0 cm³/mol. The maximum Gasteiger partial charge on any atom is 0.0647 e. The van der Waals surface area contributed by atoms with E-state index in [1.807, 2.05) is 18.5 Å². The molecular formula is C7H7IN2. The molecule has 0 aliphatic carbocycles. The Bertz CT molecular complexity index is 258. The van der Waals surface area contributed by atoms with Gasteiger partial charge in [0.1, 0.15) is 0 Å². The third kappa shape index (κ3) is 1.18. The number of hydrogen-bond donors (Lipinski definition) is 0. The number of halogens is 1. The zero-order valence-electron chi connectivity index (χ0n) is 5.32. The molecule has 0 fully saturated rings. The quantitative estimate of drug-likeness (QED) is 0.638. The van der Waals surface area contributed by atoms with Crippen molar-refractivity contribution in [2.45, 2.75) is 6.54 Å². The van der Waals surface area contributed by atoms with Crippen LogP contribution in [-0.2, 0) is 6.54 Å². The summed E-state index contributed by atoms with van der Waals surface area (Å²) in [7, 11) is 0. The van der Waals surface area contributed by atoms with Crippen molar-refractivity contribution in [3.63, 3.8) is 0 Å². The molecule has 0 spiro atoms. The van der Waals surface area contributed by atoms with Gasteiger partial charge in [-0.15, -0.1) is 24.0 Å². The summed E-state index contributed by atoms with van der Waals surface area (Å²) in [4.78, 5) is 8.05. The second-order valence-electron chi connectivity index (χ2n) is 2.04. The summed E-state index contributed by atoms with van der Waals surface area (Å²) in [5, 5.41) is 0. The highest BCUT2D eigenvalue weighted by Gasteiger charge is 2.02. The molecule has 0 aromatic carbocycles. The number of aromatic nitrogens is 1. The van der Waals surface area contributed by atoms with E-state index in [1.54, 1.807) is 6.20 Å². The van der Waals surface area contributed by atoms with Gasteiger partial charge in [-0.1, -0.05) is 0 Å². The number of pyridine rings is 1. The molecule has 0 N–H and O–H groups in total. The fraction of sp³-hybridized carbons (Fsp3) is 0.143. The molecule has 1 aliphatic rings. The van der Waals surface area contributed by atoms with Crippen molar-refractivity contribution in [1.29, 1.82) is 0 Å².